The van der Waals surface area contributed by atoms with E-state index in [4.69, 9.17) is 0 Å². The molecule has 2 aromatic rings. The summed E-state index contributed by atoms with van der Waals surface area (Å²) in [6.45, 7) is 4.62. The van der Waals surface area contributed by atoms with Crippen LogP contribution in [0, 0.1) is 6.92 Å². The third kappa shape index (κ3) is 3.28. The minimum absolute atomic E-state index is 0.217. The van der Waals surface area contributed by atoms with Gasteiger partial charge in [0.2, 0.25) is 5.78 Å². The maximum absolute atomic E-state index is 13.0. The van der Waals surface area contributed by atoms with Gasteiger partial charge in [0.25, 0.3) is 5.91 Å². The molecule has 0 spiro atoms. The smallest absolute Gasteiger partial charge is 0.290 e. The highest BCUT2D eigenvalue weighted by molar-refractivity contribution is 7.12. The molecule has 0 saturated carbocycles. The molecule has 6 heteroatoms. The number of hydrogen-bond acceptors (Lipinski definition) is 5. The average molecular weight is 376 g/mol. The number of Topliss-reactive ketones (excluding diaryl/α,β-unsaturated/α-hetero) is 1. The van der Waals surface area contributed by atoms with Crippen LogP contribution in [0.5, 0.6) is 0 Å². The number of nitrogens with zero attached hydrogens (tertiary/aromatic N) is 1. The number of aliphatic hydroxyl groups excluding tert-OH is 1. The first-order valence-electron chi connectivity index (χ1n) is 8.42. The van der Waals surface area contributed by atoms with E-state index in [1.807, 2.05) is 23.8 Å². The van der Waals surface area contributed by atoms with Crippen molar-refractivity contribution in [3.05, 3.63) is 55.6 Å². The summed E-state index contributed by atoms with van der Waals surface area (Å²) in [5.41, 5.74) is 1.25. The molecule has 2 aromatic heterocycles. The highest BCUT2D eigenvalue weighted by atomic mass is 32.1. The third-order valence-corrected chi connectivity index (χ3v) is 6.39. The van der Waals surface area contributed by atoms with Gasteiger partial charge in [0.1, 0.15) is 0 Å². The van der Waals surface area contributed by atoms with Crippen molar-refractivity contribution in [1.82, 2.24) is 4.90 Å². The Morgan fingerprint density at radius 1 is 1.24 bits per heavy atom. The summed E-state index contributed by atoms with van der Waals surface area (Å²) >= 11 is 2.85. The molecule has 3 rings (SSSR count). The molecule has 4 nitrogen and oxygen atoms in total. The van der Waals surface area contributed by atoms with Crippen LogP contribution in [0.15, 0.2) is 40.3 Å². The highest BCUT2D eigenvalue weighted by Gasteiger charge is 2.44. The molecule has 1 amide bonds. The van der Waals surface area contributed by atoms with E-state index in [9.17, 15) is 14.7 Å². The summed E-state index contributed by atoms with van der Waals surface area (Å²) in [7, 11) is 0. The Hall–Kier alpha value is -1.92. The number of unbranched alkanes of at least 4 members (excludes halogenated alkanes) is 2. The fourth-order valence-electron chi connectivity index (χ4n) is 3.13. The molecule has 132 valence electrons. The van der Waals surface area contributed by atoms with Gasteiger partial charge >= 0.3 is 0 Å². The van der Waals surface area contributed by atoms with Crippen LogP contribution >= 0.6 is 22.7 Å². The van der Waals surface area contributed by atoms with Crippen molar-refractivity contribution in [2.75, 3.05) is 6.54 Å². The zero-order valence-electron chi connectivity index (χ0n) is 14.3. The standard InChI is InChI=1S/C19H21NO3S2/c1-3-4-5-9-20-15(18-12(2)8-11-25-18)14(17(22)19(20)23)16(21)13-7-6-10-24-13/h6-8,10-11,15,22H,3-5,9H2,1-2H3. The summed E-state index contributed by atoms with van der Waals surface area (Å²) in [5.74, 6) is -1.09. The Bertz CT molecular complexity index is 805. The molecule has 0 aliphatic carbocycles. The van der Waals surface area contributed by atoms with Gasteiger partial charge in [-0.05, 0) is 41.8 Å². The molecular weight excluding hydrogens is 354 g/mol. The number of carbonyl (C=O) groups is 2. The summed E-state index contributed by atoms with van der Waals surface area (Å²) in [6, 6.07) is 5.03. The molecule has 0 saturated heterocycles. The number of rotatable bonds is 7. The Labute approximate surface area is 155 Å². The van der Waals surface area contributed by atoms with Gasteiger partial charge in [-0.3, -0.25) is 9.59 Å². The van der Waals surface area contributed by atoms with Crippen LogP contribution in [-0.4, -0.2) is 28.2 Å². The molecule has 25 heavy (non-hydrogen) atoms. The monoisotopic (exact) mass is 375 g/mol. The van der Waals surface area contributed by atoms with Crippen molar-refractivity contribution in [3.8, 4) is 0 Å². The Morgan fingerprint density at radius 3 is 2.64 bits per heavy atom. The number of carbonyl (C=O) groups excluding carboxylic acids is 2. The van der Waals surface area contributed by atoms with Crippen LogP contribution in [-0.2, 0) is 4.79 Å². The molecule has 1 unspecified atom stereocenters. The minimum Gasteiger partial charge on any atom is -0.503 e. The highest BCUT2D eigenvalue weighted by Crippen LogP contribution is 2.42. The van der Waals surface area contributed by atoms with Gasteiger partial charge in [0, 0.05) is 11.4 Å². The van der Waals surface area contributed by atoms with Crippen molar-refractivity contribution in [1.29, 1.82) is 0 Å². The maximum Gasteiger partial charge on any atom is 0.290 e. The summed E-state index contributed by atoms with van der Waals surface area (Å²) < 4.78 is 0. The predicted octanol–water partition coefficient (Wildman–Crippen LogP) is 4.89. The Morgan fingerprint density at radius 2 is 2.04 bits per heavy atom. The summed E-state index contributed by atoms with van der Waals surface area (Å²) in [4.78, 5) is 28.8. The molecule has 0 radical (unpaired) electrons. The van der Waals surface area contributed by atoms with Crippen molar-refractivity contribution in [2.45, 2.75) is 39.2 Å². The average Bonchev–Trinajstić information content (AvgIpc) is 3.31. The van der Waals surface area contributed by atoms with Gasteiger partial charge in [0.15, 0.2) is 5.76 Å². The second-order valence-electron chi connectivity index (χ2n) is 6.14. The normalized spacial score (nSPS) is 17.6. The zero-order valence-corrected chi connectivity index (χ0v) is 16.0. The van der Waals surface area contributed by atoms with E-state index in [0.717, 1.165) is 29.7 Å². The van der Waals surface area contributed by atoms with Crippen LogP contribution in [0.3, 0.4) is 0 Å². The SMILES string of the molecule is CCCCCN1C(=O)C(O)=C(C(=O)c2cccs2)C1c1sccc1C. The maximum atomic E-state index is 13.0. The van der Waals surface area contributed by atoms with Crippen LogP contribution in [0.2, 0.25) is 0 Å². The quantitative estimate of drug-likeness (QED) is 0.554. The predicted molar refractivity (Wildman–Crippen MR) is 101 cm³/mol. The molecule has 0 aromatic carbocycles. The van der Waals surface area contributed by atoms with Crippen molar-refractivity contribution in [2.24, 2.45) is 0 Å². The van der Waals surface area contributed by atoms with E-state index < -0.39 is 17.7 Å². The van der Waals surface area contributed by atoms with Gasteiger partial charge in [-0.2, -0.15) is 0 Å². The van der Waals surface area contributed by atoms with E-state index in [1.54, 1.807) is 17.0 Å². The lowest BCUT2D eigenvalue weighted by molar-refractivity contribution is -0.129. The Kier molecular flexibility index (Phi) is 5.39. The van der Waals surface area contributed by atoms with Crippen molar-refractivity contribution < 1.29 is 14.7 Å². The van der Waals surface area contributed by atoms with E-state index >= 15 is 0 Å². The molecule has 1 atom stereocenters. The first-order chi connectivity index (χ1) is 12.1. The Balaban J connectivity index is 2.02. The minimum atomic E-state index is -0.487. The van der Waals surface area contributed by atoms with Crippen LogP contribution in [0.25, 0.3) is 0 Å². The first-order valence-corrected chi connectivity index (χ1v) is 10.2. The van der Waals surface area contributed by atoms with Gasteiger partial charge in [-0.1, -0.05) is 25.8 Å². The topological polar surface area (TPSA) is 57.6 Å². The first kappa shape index (κ1) is 17.9. The van der Waals surface area contributed by atoms with E-state index in [-0.39, 0.29) is 11.4 Å². The van der Waals surface area contributed by atoms with E-state index in [1.165, 1.54) is 22.7 Å². The fourth-order valence-corrected chi connectivity index (χ4v) is 4.85. The van der Waals surface area contributed by atoms with Crippen LogP contribution < -0.4 is 0 Å². The number of amides is 1. The zero-order chi connectivity index (χ0) is 18.0. The van der Waals surface area contributed by atoms with Crippen molar-refractivity contribution in [3.63, 3.8) is 0 Å². The van der Waals surface area contributed by atoms with Crippen LogP contribution in [0.4, 0.5) is 0 Å². The molecule has 0 bridgehead atoms. The second-order valence-corrected chi connectivity index (χ2v) is 8.04. The number of aryl methyl sites for hydroxylation is 1. The van der Waals surface area contributed by atoms with E-state index in [0.29, 0.717) is 11.4 Å². The fraction of sp³-hybridized carbons (Fsp3) is 0.368. The molecule has 1 aliphatic heterocycles. The lowest BCUT2D eigenvalue weighted by Gasteiger charge is -2.26. The molecule has 1 N–H and O–H groups in total. The van der Waals surface area contributed by atoms with Crippen LogP contribution in [0.1, 0.15) is 52.3 Å². The molecule has 3 heterocycles. The number of hydrogen-bond donors (Lipinski definition) is 1. The molecular formula is C19H21NO3S2. The third-order valence-electron chi connectivity index (χ3n) is 4.45. The van der Waals surface area contributed by atoms with Crippen molar-refractivity contribution >= 4 is 34.4 Å². The summed E-state index contributed by atoms with van der Waals surface area (Å²) in [5, 5.41) is 14.3. The largest absolute Gasteiger partial charge is 0.503 e. The number of thiophene rings is 2. The number of aliphatic hydroxyl groups is 1. The van der Waals surface area contributed by atoms with Gasteiger partial charge < -0.3 is 10.0 Å². The second kappa shape index (κ2) is 7.54. The van der Waals surface area contributed by atoms with Gasteiger partial charge in [-0.25, -0.2) is 0 Å². The number of ketones is 1. The van der Waals surface area contributed by atoms with E-state index in [2.05, 4.69) is 6.92 Å². The lowest BCUT2D eigenvalue weighted by atomic mass is 9.99. The lowest BCUT2D eigenvalue weighted by Crippen LogP contribution is -2.32. The molecule has 1 aliphatic rings. The van der Waals surface area contributed by atoms with Gasteiger partial charge in [0.05, 0.1) is 16.5 Å². The summed E-state index contributed by atoms with van der Waals surface area (Å²) in [6.07, 6.45) is 2.91. The van der Waals surface area contributed by atoms with Gasteiger partial charge in [-0.15, -0.1) is 22.7 Å². The molecule has 0 fully saturated rings.